The molecule has 6 nitrogen and oxygen atoms in total. The Hall–Kier alpha value is -2.86. The zero-order chi connectivity index (χ0) is 18.1. The third-order valence-electron chi connectivity index (χ3n) is 3.39. The fourth-order valence-electron chi connectivity index (χ4n) is 2.08. The van der Waals surface area contributed by atoms with Crippen LogP contribution in [0.2, 0.25) is 0 Å². The smallest absolute Gasteiger partial charge is 0.338 e. The fourth-order valence-corrected chi connectivity index (χ4v) is 2.08. The molecule has 0 aromatic heterocycles. The van der Waals surface area contributed by atoms with Crippen molar-refractivity contribution in [1.29, 1.82) is 0 Å². The van der Waals surface area contributed by atoms with Gasteiger partial charge in [0.1, 0.15) is 12.4 Å². The Morgan fingerprint density at radius 3 is 2.56 bits per heavy atom. The number of hydrogen-bond acceptors (Lipinski definition) is 5. The van der Waals surface area contributed by atoms with E-state index in [4.69, 9.17) is 14.6 Å². The lowest BCUT2D eigenvalue weighted by atomic mass is 10.1. The Balaban J connectivity index is 1.65. The largest absolute Gasteiger partial charge is 0.492 e. The Bertz CT molecular complexity index is 712. The molecule has 1 amide bonds. The highest BCUT2D eigenvalue weighted by Crippen LogP contribution is 2.11. The van der Waals surface area contributed by atoms with Crippen molar-refractivity contribution in [3.05, 3.63) is 65.2 Å². The zero-order valence-electron chi connectivity index (χ0n) is 14.0. The first kappa shape index (κ1) is 18.5. The molecule has 0 aliphatic rings. The maximum atomic E-state index is 11.8. The Labute approximate surface area is 146 Å². The molecule has 0 fully saturated rings. The molecule has 0 unspecified atom stereocenters. The van der Waals surface area contributed by atoms with Gasteiger partial charge in [-0.3, -0.25) is 4.79 Å². The van der Waals surface area contributed by atoms with Crippen LogP contribution in [0.15, 0.2) is 48.5 Å². The molecule has 0 atom stereocenters. The average molecular weight is 343 g/mol. The van der Waals surface area contributed by atoms with Crippen LogP contribution in [0, 0.1) is 6.92 Å². The van der Waals surface area contributed by atoms with E-state index in [1.807, 2.05) is 31.2 Å². The van der Waals surface area contributed by atoms with Gasteiger partial charge >= 0.3 is 5.97 Å². The molecule has 2 N–H and O–H groups in total. The van der Waals surface area contributed by atoms with Crippen LogP contribution in [0.25, 0.3) is 0 Å². The van der Waals surface area contributed by atoms with Crippen molar-refractivity contribution in [2.24, 2.45) is 0 Å². The van der Waals surface area contributed by atoms with Crippen LogP contribution in [0.3, 0.4) is 0 Å². The first-order chi connectivity index (χ1) is 12.1. The van der Waals surface area contributed by atoms with Gasteiger partial charge in [-0.05, 0) is 42.3 Å². The molecule has 2 aromatic carbocycles. The van der Waals surface area contributed by atoms with Crippen molar-refractivity contribution >= 4 is 11.9 Å². The Morgan fingerprint density at radius 1 is 1.12 bits per heavy atom. The minimum Gasteiger partial charge on any atom is -0.492 e. The highest BCUT2D eigenvalue weighted by atomic mass is 16.5. The molecule has 2 rings (SSSR count). The van der Waals surface area contributed by atoms with Gasteiger partial charge in [0.25, 0.3) is 5.91 Å². The van der Waals surface area contributed by atoms with Crippen molar-refractivity contribution in [3.63, 3.8) is 0 Å². The van der Waals surface area contributed by atoms with Crippen LogP contribution < -0.4 is 10.1 Å². The fraction of sp³-hybridized carbons (Fsp3) is 0.263. The normalized spacial score (nSPS) is 10.2. The molecule has 0 saturated carbocycles. The number of carbonyl (C=O) groups excluding carboxylic acids is 2. The lowest BCUT2D eigenvalue weighted by Gasteiger charge is -2.09. The minimum absolute atomic E-state index is 0.0949. The van der Waals surface area contributed by atoms with Crippen molar-refractivity contribution in [1.82, 2.24) is 5.32 Å². The number of rotatable bonds is 8. The molecule has 132 valence electrons. The molecule has 2 aromatic rings. The molecule has 0 radical (unpaired) electrons. The predicted octanol–water partition coefficient (Wildman–Crippen LogP) is 1.84. The number of aliphatic hydroxyl groups is 1. The second-order valence-electron chi connectivity index (χ2n) is 5.45. The summed E-state index contributed by atoms with van der Waals surface area (Å²) in [6.07, 6.45) is 0. The van der Waals surface area contributed by atoms with E-state index in [0.717, 1.165) is 11.3 Å². The monoisotopic (exact) mass is 343 g/mol. The summed E-state index contributed by atoms with van der Waals surface area (Å²) >= 11 is 0. The summed E-state index contributed by atoms with van der Waals surface area (Å²) in [5.74, 6) is -0.240. The number of benzene rings is 2. The van der Waals surface area contributed by atoms with Gasteiger partial charge in [0.15, 0.2) is 6.61 Å². The van der Waals surface area contributed by atoms with Crippen molar-refractivity contribution in [3.8, 4) is 5.75 Å². The van der Waals surface area contributed by atoms with Crippen LogP contribution >= 0.6 is 0 Å². The molecule has 25 heavy (non-hydrogen) atoms. The molecule has 0 aliphatic heterocycles. The minimum atomic E-state index is -0.587. The maximum absolute atomic E-state index is 11.8. The number of amides is 1. The molecule has 6 heteroatoms. The lowest BCUT2D eigenvalue weighted by Crippen LogP contribution is -2.32. The van der Waals surface area contributed by atoms with Crippen molar-refractivity contribution in [2.75, 3.05) is 19.8 Å². The topological polar surface area (TPSA) is 84.9 Å². The van der Waals surface area contributed by atoms with Crippen LogP contribution in [0.5, 0.6) is 5.75 Å². The number of aryl methyl sites for hydroxylation is 1. The average Bonchev–Trinajstić information content (AvgIpc) is 2.63. The van der Waals surface area contributed by atoms with Crippen molar-refractivity contribution < 1.29 is 24.2 Å². The van der Waals surface area contributed by atoms with E-state index in [0.29, 0.717) is 24.3 Å². The molecular weight excluding hydrogens is 322 g/mol. The summed E-state index contributed by atoms with van der Waals surface area (Å²) in [5, 5.41) is 11.6. The quantitative estimate of drug-likeness (QED) is 0.564. The van der Waals surface area contributed by atoms with Gasteiger partial charge in [0.05, 0.1) is 18.7 Å². The summed E-state index contributed by atoms with van der Waals surface area (Å²) in [5.41, 5.74) is 2.12. The van der Waals surface area contributed by atoms with E-state index in [9.17, 15) is 9.59 Å². The zero-order valence-corrected chi connectivity index (χ0v) is 14.0. The molecule has 0 bridgehead atoms. The van der Waals surface area contributed by atoms with Gasteiger partial charge in [0, 0.05) is 0 Å². The van der Waals surface area contributed by atoms with E-state index in [1.54, 1.807) is 24.3 Å². The van der Waals surface area contributed by atoms with Gasteiger partial charge in [-0.2, -0.15) is 0 Å². The second kappa shape index (κ2) is 9.44. The molecule has 0 heterocycles. The van der Waals surface area contributed by atoms with Crippen LogP contribution in [0.1, 0.15) is 21.5 Å². The van der Waals surface area contributed by atoms with Crippen LogP contribution in [-0.2, 0) is 16.1 Å². The first-order valence-electron chi connectivity index (χ1n) is 7.91. The summed E-state index contributed by atoms with van der Waals surface area (Å²) in [6.45, 7) is 2.16. The summed E-state index contributed by atoms with van der Waals surface area (Å²) < 4.78 is 10.5. The molecule has 0 aliphatic carbocycles. The summed E-state index contributed by atoms with van der Waals surface area (Å²) in [6, 6.07) is 14.0. The Kier molecular flexibility index (Phi) is 6.98. The number of carbonyl (C=O) groups is 2. The van der Waals surface area contributed by atoms with E-state index in [-0.39, 0.29) is 13.2 Å². The van der Waals surface area contributed by atoms with Crippen molar-refractivity contribution in [2.45, 2.75) is 13.5 Å². The number of nitrogens with one attached hydrogen (secondary N) is 1. The van der Waals surface area contributed by atoms with Gasteiger partial charge in [-0.25, -0.2) is 4.79 Å². The maximum Gasteiger partial charge on any atom is 0.338 e. The van der Waals surface area contributed by atoms with Gasteiger partial charge in [-0.1, -0.05) is 24.3 Å². The number of esters is 1. The van der Waals surface area contributed by atoms with E-state index < -0.39 is 11.9 Å². The Morgan fingerprint density at radius 2 is 1.88 bits per heavy atom. The highest BCUT2D eigenvalue weighted by Gasteiger charge is 2.09. The number of hydrogen-bond donors (Lipinski definition) is 2. The molecule has 0 spiro atoms. The molecular formula is C19H21NO5. The summed E-state index contributed by atoms with van der Waals surface area (Å²) in [7, 11) is 0. The van der Waals surface area contributed by atoms with Gasteiger partial charge in [0.2, 0.25) is 0 Å². The first-order valence-corrected chi connectivity index (χ1v) is 7.91. The standard InChI is InChI=1S/C19H21NO5/c1-14-3-2-4-17(11-14)24-10-9-20-18(22)13-25-19(23)16-7-5-15(12-21)6-8-16/h2-8,11,21H,9-10,12-13H2,1H3,(H,20,22). The van der Waals surface area contributed by atoms with E-state index in [1.165, 1.54) is 0 Å². The van der Waals surface area contributed by atoms with Gasteiger partial charge in [-0.15, -0.1) is 0 Å². The van der Waals surface area contributed by atoms with Crippen LogP contribution in [-0.4, -0.2) is 36.7 Å². The van der Waals surface area contributed by atoms with E-state index in [2.05, 4.69) is 5.32 Å². The number of ether oxygens (including phenoxy) is 2. The van der Waals surface area contributed by atoms with E-state index >= 15 is 0 Å². The number of aliphatic hydroxyl groups excluding tert-OH is 1. The third-order valence-corrected chi connectivity index (χ3v) is 3.39. The van der Waals surface area contributed by atoms with Crippen LogP contribution in [0.4, 0.5) is 0 Å². The summed E-state index contributed by atoms with van der Waals surface area (Å²) in [4.78, 5) is 23.5. The SMILES string of the molecule is Cc1cccc(OCCNC(=O)COC(=O)c2ccc(CO)cc2)c1. The third kappa shape index (κ3) is 6.27. The highest BCUT2D eigenvalue weighted by molar-refractivity contribution is 5.91. The second-order valence-corrected chi connectivity index (χ2v) is 5.45. The van der Waals surface area contributed by atoms with Gasteiger partial charge < -0.3 is 19.9 Å². The molecule has 0 saturated heterocycles. The predicted molar refractivity (Wildman–Crippen MR) is 92.3 cm³/mol. The lowest BCUT2D eigenvalue weighted by molar-refractivity contribution is -0.124.